The molecule has 2 unspecified atom stereocenters. The Morgan fingerprint density at radius 1 is 1.50 bits per heavy atom. The minimum absolute atomic E-state index is 0.0616. The van der Waals surface area contributed by atoms with Gasteiger partial charge >= 0.3 is 0 Å². The van der Waals surface area contributed by atoms with Crippen molar-refractivity contribution in [1.82, 2.24) is 5.32 Å². The molecule has 0 aromatic heterocycles. The number of nitrogens with two attached hydrogens (primary N) is 1. The van der Waals surface area contributed by atoms with E-state index in [4.69, 9.17) is 5.73 Å². The Labute approximate surface area is 121 Å². The van der Waals surface area contributed by atoms with Gasteiger partial charge in [0.05, 0.1) is 5.92 Å². The van der Waals surface area contributed by atoms with Crippen molar-refractivity contribution < 1.29 is 4.79 Å². The first-order chi connectivity index (χ1) is 9.67. The van der Waals surface area contributed by atoms with E-state index in [1.807, 2.05) is 12.1 Å². The fraction of sp³-hybridized carbons (Fsp3) is 0.562. The van der Waals surface area contributed by atoms with E-state index < -0.39 is 0 Å². The Kier molecular flexibility index (Phi) is 5.01. The molecule has 1 fully saturated rings. The fourth-order valence-electron chi connectivity index (χ4n) is 2.92. The quantitative estimate of drug-likeness (QED) is 0.884. The van der Waals surface area contributed by atoms with Crippen LogP contribution in [-0.4, -0.2) is 26.0 Å². The van der Waals surface area contributed by atoms with E-state index in [0.29, 0.717) is 0 Å². The van der Waals surface area contributed by atoms with Crippen LogP contribution in [0.4, 0.5) is 5.69 Å². The molecule has 0 saturated carbocycles. The van der Waals surface area contributed by atoms with Gasteiger partial charge in [0, 0.05) is 31.9 Å². The number of carbonyl (C=O) groups excluding carboxylic acids is 1. The second kappa shape index (κ2) is 6.75. The molecule has 0 spiro atoms. The Morgan fingerprint density at radius 3 is 2.95 bits per heavy atom. The van der Waals surface area contributed by atoms with E-state index in [1.54, 1.807) is 7.05 Å². The van der Waals surface area contributed by atoms with Crippen LogP contribution in [0.2, 0.25) is 0 Å². The van der Waals surface area contributed by atoms with E-state index in [2.05, 4.69) is 29.3 Å². The van der Waals surface area contributed by atoms with E-state index in [9.17, 15) is 4.79 Å². The molecule has 20 heavy (non-hydrogen) atoms. The summed E-state index contributed by atoms with van der Waals surface area (Å²) in [6, 6.07) is 8.37. The normalized spacial score (nSPS) is 20.6. The molecule has 110 valence electrons. The second-order valence-electron chi connectivity index (χ2n) is 5.47. The average molecular weight is 275 g/mol. The number of nitrogens with zero attached hydrogens (tertiary/aromatic N) is 1. The van der Waals surface area contributed by atoms with Crippen molar-refractivity contribution in [3.63, 3.8) is 0 Å². The zero-order chi connectivity index (χ0) is 14.5. The summed E-state index contributed by atoms with van der Waals surface area (Å²) >= 11 is 0. The average Bonchev–Trinajstić information content (AvgIpc) is 2.53. The molecule has 0 radical (unpaired) electrons. The summed E-state index contributed by atoms with van der Waals surface area (Å²) in [5.74, 6) is 0.228. The topological polar surface area (TPSA) is 58.4 Å². The molecule has 1 saturated heterocycles. The summed E-state index contributed by atoms with van der Waals surface area (Å²) < 4.78 is 0. The van der Waals surface area contributed by atoms with E-state index in [-0.39, 0.29) is 17.9 Å². The number of benzene rings is 1. The zero-order valence-corrected chi connectivity index (χ0v) is 12.4. The highest BCUT2D eigenvalue weighted by Gasteiger charge is 2.26. The first kappa shape index (κ1) is 14.9. The summed E-state index contributed by atoms with van der Waals surface area (Å²) in [4.78, 5) is 14.2. The first-order valence-electron chi connectivity index (χ1n) is 7.48. The maximum Gasteiger partial charge on any atom is 0.224 e. The molecule has 1 aromatic rings. The van der Waals surface area contributed by atoms with Gasteiger partial charge in [-0.3, -0.25) is 4.79 Å². The molecule has 2 atom stereocenters. The third-order valence-corrected chi connectivity index (χ3v) is 4.16. The molecular formula is C16H25N3O. The number of hydrogen-bond acceptors (Lipinski definition) is 3. The number of amides is 1. The van der Waals surface area contributed by atoms with Gasteiger partial charge in [-0.1, -0.05) is 25.1 Å². The van der Waals surface area contributed by atoms with Crippen molar-refractivity contribution >= 4 is 11.6 Å². The molecule has 0 aliphatic carbocycles. The molecule has 1 aromatic carbocycles. The van der Waals surface area contributed by atoms with Crippen molar-refractivity contribution in [2.24, 2.45) is 11.7 Å². The van der Waals surface area contributed by atoms with Gasteiger partial charge in [-0.15, -0.1) is 0 Å². The molecule has 1 aliphatic heterocycles. The van der Waals surface area contributed by atoms with E-state index >= 15 is 0 Å². The van der Waals surface area contributed by atoms with Crippen LogP contribution in [0.25, 0.3) is 0 Å². The molecule has 2 rings (SSSR count). The van der Waals surface area contributed by atoms with Gasteiger partial charge in [0.2, 0.25) is 5.91 Å². The zero-order valence-electron chi connectivity index (χ0n) is 12.4. The smallest absolute Gasteiger partial charge is 0.224 e. The second-order valence-corrected chi connectivity index (χ2v) is 5.47. The Morgan fingerprint density at radius 2 is 2.25 bits per heavy atom. The number of piperidine rings is 1. The van der Waals surface area contributed by atoms with Crippen LogP contribution >= 0.6 is 0 Å². The minimum Gasteiger partial charge on any atom is -0.370 e. The van der Waals surface area contributed by atoms with Crippen molar-refractivity contribution in [3.8, 4) is 0 Å². The largest absolute Gasteiger partial charge is 0.370 e. The number of rotatable bonds is 4. The van der Waals surface area contributed by atoms with Crippen LogP contribution in [0, 0.1) is 5.92 Å². The van der Waals surface area contributed by atoms with Crippen molar-refractivity contribution in [2.45, 2.75) is 32.2 Å². The predicted molar refractivity (Wildman–Crippen MR) is 82.7 cm³/mol. The van der Waals surface area contributed by atoms with E-state index in [0.717, 1.165) is 32.4 Å². The van der Waals surface area contributed by atoms with Gasteiger partial charge < -0.3 is 16.0 Å². The minimum atomic E-state index is 0.0616. The van der Waals surface area contributed by atoms with Gasteiger partial charge in [-0.2, -0.15) is 0 Å². The molecule has 1 heterocycles. The van der Waals surface area contributed by atoms with Crippen molar-refractivity contribution in [1.29, 1.82) is 0 Å². The number of nitrogens with one attached hydrogen (secondary N) is 1. The Balaban J connectivity index is 2.20. The van der Waals surface area contributed by atoms with Gasteiger partial charge in [0.25, 0.3) is 0 Å². The molecule has 0 bridgehead atoms. The molecule has 1 aliphatic rings. The number of carbonyl (C=O) groups is 1. The highest BCUT2D eigenvalue weighted by atomic mass is 16.1. The lowest BCUT2D eigenvalue weighted by atomic mass is 9.95. The van der Waals surface area contributed by atoms with Gasteiger partial charge in [0.1, 0.15) is 0 Å². The van der Waals surface area contributed by atoms with E-state index in [1.165, 1.54) is 11.3 Å². The lowest BCUT2D eigenvalue weighted by molar-refractivity contribution is -0.124. The van der Waals surface area contributed by atoms with Gasteiger partial charge in [-0.25, -0.2) is 0 Å². The summed E-state index contributed by atoms with van der Waals surface area (Å²) in [5, 5.41) is 2.76. The van der Waals surface area contributed by atoms with Crippen LogP contribution in [-0.2, 0) is 4.79 Å². The summed E-state index contributed by atoms with van der Waals surface area (Å²) in [7, 11) is 1.71. The number of anilines is 1. The summed E-state index contributed by atoms with van der Waals surface area (Å²) in [5.41, 5.74) is 8.59. The van der Waals surface area contributed by atoms with Crippen LogP contribution in [0.15, 0.2) is 24.3 Å². The monoisotopic (exact) mass is 275 g/mol. The molecular weight excluding hydrogens is 250 g/mol. The van der Waals surface area contributed by atoms with Gasteiger partial charge in [-0.05, 0) is 30.9 Å². The first-order valence-corrected chi connectivity index (χ1v) is 7.48. The third-order valence-electron chi connectivity index (χ3n) is 4.16. The molecule has 1 amide bonds. The Bertz CT molecular complexity index is 461. The van der Waals surface area contributed by atoms with Crippen molar-refractivity contribution in [3.05, 3.63) is 29.8 Å². The predicted octanol–water partition coefficient (Wildman–Crippen LogP) is 2.06. The maximum absolute atomic E-state index is 11.9. The summed E-state index contributed by atoms with van der Waals surface area (Å²) in [6.45, 7) is 3.89. The standard InChI is InChI=1S/C16H25N3O/c1-3-14(17)13-8-4-5-9-15(13)19-10-6-7-12(11-19)16(20)18-2/h4-5,8-9,12,14H,3,6-7,10-11,17H2,1-2H3,(H,18,20). The summed E-state index contributed by atoms with van der Waals surface area (Å²) in [6.07, 6.45) is 2.94. The molecule has 4 heteroatoms. The SMILES string of the molecule is CCC(N)c1ccccc1N1CCCC(C(=O)NC)C1. The van der Waals surface area contributed by atoms with Crippen LogP contribution in [0.3, 0.4) is 0 Å². The van der Waals surface area contributed by atoms with Crippen LogP contribution in [0.1, 0.15) is 37.8 Å². The van der Waals surface area contributed by atoms with Crippen molar-refractivity contribution in [2.75, 3.05) is 25.0 Å². The number of hydrogen-bond donors (Lipinski definition) is 2. The van der Waals surface area contributed by atoms with Crippen LogP contribution in [0.5, 0.6) is 0 Å². The van der Waals surface area contributed by atoms with Gasteiger partial charge in [0.15, 0.2) is 0 Å². The highest BCUT2D eigenvalue weighted by molar-refractivity contribution is 5.79. The lowest BCUT2D eigenvalue weighted by Gasteiger charge is -2.35. The third kappa shape index (κ3) is 3.12. The fourth-order valence-corrected chi connectivity index (χ4v) is 2.92. The molecule has 4 nitrogen and oxygen atoms in total. The maximum atomic E-state index is 11.9. The number of para-hydroxylation sites is 1. The lowest BCUT2D eigenvalue weighted by Crippen LogP contribution is -2.42. The highest BCUT2D eigenvalue weighted by Crippen LogP contribution is 2.30. The Hall–Kier alpha value is -1.55. The molecule has 3 N–H and O–H groups in total. The van der Waals surface area contributed by atoms with Crippen LogP contribution < -0.4 is 16.0 Å².